The molecule has 0 bridgehead atoms. The van der Waals surface area contributed by atoms with Crippen molar-refractivity contribution in [3.63, 3.8) is 0 Å². The number of nitrogens with zero attached hydrogens (tertiary/aromatic N) is 2. The zero-order chi connectivity index (χ0) is 8.59. The highest BCUT2D eigenvalue weighted by atomic mass is 16.4. The predicted octanol–water partition coefficient (Wildman–Crippen LogP) is -0.563. The highest BCUT2D eigenvalue weighted by Gasteiger charge is 2.36. The summed E-state index contributed by atoms with van der Waals surface area (Å²) in [5.41, 5.74) is 0. The monoisotopic (exact) mass is 158 g/mol. The average molecular weight is 158 g/mol. The lowest BCUT2D eigenvalue weighted by Crippen LogP contribution is -2.36. The van der Waals surface area contributed by atoms with Gasteiger partial charge in [0, 0.05) is 14.1 Å². The van der Waals surface area contributed by atoms with E-state index in [-0.39, 0.29) is 12.6 Å². The van der Waals surface area contributed by atoms with E-state index in [0.717, 1.165) is 0 Å². The molecule has 0 aromatic rings. The number of carboxylic acid groups (broad SMARTS) is 1. The molecule has 1 aliphatic rings. The van der Waals surface area contributed by atoms with Crippen LogP contribution >= 0.6 is 0 Å². The van der Waals surface area contributed by atoms with Gasteiger partial charge in [0.2, 0.25) is 0 Å². The van der Waals surface area contributed by atoms with Crippen LogP contribution in [-0.4, -0.2) is 53.6 Å². The van der Waals surface area contributed by atoms with Gasteiger partial charge in [0.25, 0.3) is 0 Å². The second-order valence-electron chi connectivity index (χ2n) is 2.63. The van der Waals surface area contributed by atoms with Gasteiger partial charge in [-0.2, -0.15) is 0 Å². The van der Waals surface area contributed by atoms with Crippen LogP contribution in [-0.2, 0) is 4.79 Å². The third-order valence-electron chi connectivity index (χ3n) is 1.83. The number of carbonyl (C=O) groups is 2. The summed E-state index contributed by atoms with van der Waals surface area (Å²) in [4.78, 5) is 24.1. The number of hydrogen-bond acceptors (Lipinski definition) is 2. The van der Waals surface area contributed by atoms with E-state index in [2.05, 4.69) is 0 Å². The Morgan fingerprint density at radius 2 is 2.18 bits per heavy atom. The molecule has 0 aliphatic carbocycles. The summed E-state index contributed by atoms with van der Waals surface area (Å²) >= 11 is 0. The first-order chi connectivity index (χ1) is 5.04. The predicted molar refractivity (Wildman–Crippen MR) is 37.2 cm³/mol. The van der Waals surface area contributed by atoms with Crippen molar-refractivity contribution in [1.82, 2.24) is 9.80 Å². The summed E-state index contributed by atoms with van der Waals surface area (Å²) in [7, 11) is 3.08. The highest BCUT2D eigenvalue weighted by molar-refractivity contribution is 5.86. The molecule has 5 heteroatoms. The fourth-order valence-corrected chi connectivity index (χ4v) is 1.11. The molecule has 1 saturated heterocycles. The largest absolute Gasteiger partial charge is 0.480 e. The summed E-state index contributed by atoms with van der Waals surface area (Å²) in [5.74, 6) is -0.954. The molecule has 5 nitrogen and oxygen atoms in total. The van der Waals surface area contributed by atoms with Crippen molar-refractivity contribution in [1.29, 1.82) is 0 Å². The molecule has 0 radical (unpaired) electrons. The van der Waals surface area contributed by atoms with Gasteiger partial charge in [-0.3, -0.25) is 0 Å². The van der Waals surface area contributed by atoms with E-state index in [1.165, 1.54) is 16.8 Å². The number of hydrogen-bond donors (Lipinski definition) is 1. The molecule has 1 rings (SSSR count). The molecule has 0 spiro atoms. The Morgan fingerprint density at radius 3 is 2.36 bits per heavy atom. The molecule has 1 N–H and O–H groups in total. The molecular weight excluding hydrogens is 148 g/mol. The number of amides is 2. The molecule has 1 aliphatic heterocycles. The van der Waals surface area contributed by atoms with E-state index in [0.29, 0.717) is 0 Å². The van der Waals surface area contributed by atoms with Crippen molar-refractivity contribution in [3.05, 3.63) is 0 Å². The van der Waals surface area contributed by atoms with E-state index < -0.39 is 12.0 Å². The minimum Gasteiger partial charge on any atom is -0.480 e. The van der Waals surface area contributed by atoms with Crippen molar-refractivity contribution in [3.8, 4) is 0 Å². The zero-order valence-corrected chi connectivity index (χ0v) is 6.44. The molecule has 0 saturated carbocycles. The Morgan fingerprint density at radius 1 is 1.64 bits per heavy atom. The SMILES string of the molecule is CN1CC(C(=O)O)N(C)C1=O. The van der Waals surface area contributed by atoms with Crippen LogP contribution in [0.4, 0.5) is 4.79 Å². The molecule has 2 amide bonds. The van der Waals surface area contributed by atoms with E-state index in [1.807, 2.05) is 0 Å². The van der Waals surface area contributed by atoms with Gasteiger partial charge >= 0.3 is 12.0 Å². The van der Waals surface area contributed by atoms with E-state index >= 15 is 0 Å². The van der Waals surface area contributed by atoms with Crippen molar-refractivity contribution in [2.24, 2.45) is 0 Å². The lowest BCUT2D eigenvalue weighted by Gasteiger charge is -2.12. The second-order valence-corrected chi connectivity index (χ2v) is 2.63. The van der Waals surface area contributed by atoms with Gasteiger partial charge in [0.05, 0.1) is 6.54 Å². The van der Waals surface area contributed by atoms with E-state index in [9.17, 15) is 9.59 Å². The zero-order valence-electron chi connectivity index (χ0n) is 6.44. The van der Waals surface area contributed by atoms with Crippen molar-refractivity contribution >= 4 is 12.0 Å². The maximum atomic E-state index is 11.0. The fraction of sp³-hybridized carbons (Fsp3) is 0.667. The smallest absolute Gasteiger partial charge is 0.328 e. The highest BCUT2D eigenvalue weighted by Crippen LogP contribution is 2.11. The first-order valence-corrected chi connectivity index (χ1v) is 3.24. The standard InChI is InChI=1S/C6H10N2O3/c1-7-3-4(5(9)10)8(2)6(7)11/h4H,3H2,1-2H3,(H,9,10). The number of carbonyl (C=O) groups excluding carboxylic acids is 1. The summed E-state index contributed by atoms with van der Waals surface area (Å²) in [5, 5.41) is 8.60. The van der Waals surface area contributed by atoms with Crippen LogP contribution in [0.5, 0.6) is 0 Å². The third kappa shape index (κ3) is 1.13. The molecule has 62 valence electrons. The van der Waals surface area contributed by atoms with Crippen LogP contribution in [0.1, 0.15) is 0 Å². The van der Waals surface area contributed by atoms with Gasteiger partial charge in [0.15, 0.2) is 0 Å². The summed E-state index contributed by atoms with van der Waals surface area (Å²) in [6, 6.07) is -0.926. The lowest BCUT2D eigenvalue weighted by atomic mass is 10.3. The van der Waals surface area contributed by atoms with Gasteiger partial charge in [-0.05, 0) is 0 Å². The Balaban J connectivity index is 2.75. The van der Waals surface area contributed by atoms with E-state index in [4.69, 9.17) is 5.11 Å². The second kappa shape index (κ2) is 2.41. The Bertz CT molecular complexity index is 204. The third-order valence-corrected chi connectivity index (χ3v) is 1.83. The first kappa shape index (κ1) is 7.84. The average Bonchev–Trinajstić information content (AvgIpc) is 2.17. The van der Waals surface area contributed by atoms with E-state index in [1.54, 1.807) is 7.05 Å². The quantitative estimate of drug-likeness (QED) is 0.556. The molecule has 1 atom stereocenters. The van der Waals surface area contributed by atoms with Gasteiger partial charge in [0.1, 0.15) is 6.04 Å². The lowest BCUT2D eigenvalue weighted by molar-refractivity contribution is -0.140. The van der Waals surface area contributed by atoms with Crippen LogP contribution in [0.2, 0.25) is 0 Å². The Labute approximate surface area is 64.2 Å². The minimum absolute atomic E-state index is 0.239. The van der Waals surface area contributed by atoms with Crippen molar-refractivity contribution < 1.29 is 14.7 Å². The number of aliphatic carboxylic acids is 1. The van der Waals surface area contributed by atoms with Crippen LogP contribution in [0, 0.1) is 0 Å². The van der Waals surface area contributed by atoms with Gasteiger partial charge in [-0.25, -0.2) is 9.59 Å². The number of rotatable bonds is 1. The van der Waals surface area contributed by atoms with Gasteiger partial charge < -0.3 is 14.9 Å². The molecule has 11 heavy (non-hydrogen) atoms. The van der Waals surface area contributed by atoms with Gasteiger partial charge in [-0.15, -0.1) is 0 Å². The van der Waals surface area contributed by atoms with Crippen molar-refractivity contribution in [2.75, 3.05) is 20.6 Å². The van der Waals surface area contributed by atoms with Crippen LogP contribution in [0.3, 0.4) is 0 Å². The molecule has 1 heterocycles. The Kier molecular flexibility index (Phi) is 1.72. The summed E-state index contributed by atoms with van der Waals surface area (Å²) in [6.07, 6.45) is 0. The summed E-state index contributed by atoms with van der Waals surface area (Å²) < 4.78 is 0. The number of urea groups is 1. The van der Waals surface area contributed by atoms with Crippen LogP contribution < -0.4 is 0 Å². The normalized spacial score (nSPS) is 24.5. The maximum absolute atomic E-state index is 11.0. The topological polar surface area (TPSA) is 60.9 Å². The fourth-order valence-electron chi connectivity index (χ4n) is 1.11. The molecule has 0 aromatic heterocycles. The van der Waals surface area contributed by atoms with Gasteiger partial charge in [-0.1, -0.05) is 0 Å². The molecular formula is C6H10N2O3. The van der Waals surface area contributed by atoms with Crippen LogP contribution in [0.25, 0.3) is 0 Å². The summed E-state index contributed by atoms with van der Waals surface area (Å²) in [6.45, 7) is 0.269. The number of likely N-dealkylation sites (N-methyl/N-ethyl adjacent to an activating group) is 2. The van der Waals surface area contributed by atoms with Crippen LogP contribution in [0.15, 0.2) is 0 Å². The Hall–Kier alpha value is -1.26. The maximum Gasteiger partial charge on any atom is 0.328 e. The molecule has 1 fully saturated rings. The van der Waals surface area contributed by atoms with Crippen molar-refractivity contribution in [2.45, 2.75) is 6.04 Å². The number of carboxylic acids is 1. The minimum atomic E-state index is -0.954. The molecule has 1 unspecified atom stereocenters. The first-order valence-electron chi connectivity index (χ1n) is 3.24. The molecule has 0 aromatic carbocycles.